The standard InChI is InChI=1S/C16H27N3O/c1-6-16(7-8-16)11-17-13-9-12(10-20-5)18-14(19-13)15(2,3)4/h9H,6-8,10-11H2,1-5H3,(H,17,18,19). The normalized spacial score (nSPS) is 17.1. The summed E-state index contributed by atoms with van der Waals surface area (Å²) in [7, 11) is 1.70. The maximum Gasteiger partial charge on any atom is 0.136 e. The Labute approximate surface area is 122 Å². The summed E-state index contributed by atoms with van der Waals surface area (Å²) in [6, 6.07) is 2.00. The van der Waals surface area contributed by atoms with Crippen molar-refractivity contribution in [3.8, 4) is 0 Å². The summed E-state index contributed by atoms with van der Waals surface area (Å²) in [6.07, 6.45) is 3.90. The Morgan fingerprint density at radius 1 is 1.30 bits per heavy atom. The van der Waals surface area contributed by atoms with Crippen LogP contribution in [0, 0.1) is 5.41 Å². The number of aromatic nitrogens is 2. The highest BCUT2D eigenvalue weighted by Gasteiger charge is 2.40. The van der Waals surface area contributed by atoms with Gasteiger partial charge in [-0.1, -0.05) is 27.7 Å². The largest absolute Gasteiger partial charge is 0.378 e. The third kappa shape index (κ3) is 3.69. The van der Waals surface area contributed by atoms with E-state index in [0.29, 0.717) is 12.0 Å². The molecule has 0 radical (unpaired) electrons. The van der Waals surface area contributed by atoms with Gasteiger partial charge in [0.1, 0.15) is 11.6 Å². The zero-order chi connectivity index (χ0) is 14.8. The van der Waals surface area contributed by atoms with Crippen molar-refractivity contribution in [1.82, 2.24) is 9.97 Å². The van der Waals surface area contributed by atoms with Gasteiger partial charge in [0, 0.05) is 25.1 Å². The third-order valence-electron chi connectivity index (χ3n) is 4.09. The number of hydrogen-bond donors (Lipinski definition) is 1. The summed E-state index contributed by atoms with van der Waals surface area (Å²) in [4.78, 5) is 9.27. The van der Waals surface area contributed by atoms with Crippen molar-refractivity contribution in [2.45, 2.75) is 59.0 Å². The lowest BCUT2D eigenvalue weighted by Gasteiger charge is -2.20. The van der Waals surface area contributed by atoms with Crippen LogP contribution < -0.4 is 5.32 Å². The van der Waals surface area contributed by atoms with Gasteiger partial charge in [-0.3, -0.25) is 0 Å². The molecule has 20 heavy (non-hydrogen) atoms. The predicted octanol–water partition coefficient (Wildman–Crippen LogP) is 3.52. The summed E-state index contributed by atoms with van der Waals surface area (Å²) in [5, 5.41) is 3.50. The lowest BCUT2D eigenvalue weighted by Crippen LogP contribution is -2.20. The van der Waals surface area contributed by atoms with E-state index in [9.17, 15) is 0 Å². The fraction of sp³-hybridized carbons (Fsp3) is 0.750. The van der Waals surface area contributed by atoms with Crippen LogP contribution in [-0.2, 0) is 16.8 Å². The molecule has 1 aliphatic rings. The maximum atomic E-state index is 5.21. The molecule has 1 N–H and O–H groups in total. The molecule has 0 spiro atoms. The molecule has 0 saturated heterocycles. The van der Waals surface area contributed by atoms with E-state index in [1.807, 2.05) is 6.07 Å². The molecule has 0 unspecified atom stereocenters. The third-order valence-corrected chi connectivity index (χ3v) is 4.09. The van der Waals surface area contributed by atoms with Crippen LogP contribution in [0.25, 0.3) is 0 Å². The van der Waals surface area contributed by atoms with E-state index in [1.165, 1.54) is 19.3 Å². The molecular formula is C16H27N3O. The molecule has 4 heteroatoms. The Bertz CT molecular complexity index is 461. The Hall–Kier alpha value is -1.16. The van der Waals surface area contributed by atoms with E-state index < -0.39 is 0 Å². The average Bonchev–Trinajstić information content (AvgIpc) is 3.16. The molecule has 0 atom stereocenters. The molecule has 0 aromatic carbocycles. The first-order valence-electron chi connectivity index (χ1n) is 7.50. The lowest BCUT2D eigenvalue weighted by molar-refractivity contribution is 0.181. The van der Waals surface area contributed by atoms with Gasteiger partial charge in [0.2, 0.25) is 0 Å². The van der Waals surface area contributed by atoms with Crippen molar-refractivity contribution in [3.63, 3.8) is 0 Å². The van der Waals surface area contributed by atoms with Gasteiger partial charge in [-0.25, -0.2) is 9.97 Å². The highest BCUT2D eigenvalue weighted by Crippen LogP contribution is 2.48. The van der Waals surface area contributed by atoms with Crippen molar-refractivity contribution in [2.24, 2.45) is 5.41 Å². The Kier molecular flexibility index (Phi) is 4.33. The van der Waals surface area contributed by atoms with Crippen molar-refractivity contribution in [3.05, 3.63) is 17.6 Å². The van der Waals surface area contributed by atoms with Crippen molar-refractivity contribution in [2.75, 3.05) is 19.0 Å². The Morgan fingerprint density at radius 2 is 2.00 bits per heavy atom. The van der Waals surface area contributed by atoms with Gasteiger partial charge in [0.15, 0.2) is 0 Å². The van der Waals surface area contributed by atoms with Gasteiger partial charge in [-0.15, -0.1) is 0 Å². The zero-order valence-electron chi connectivity index (χ0n) is 13.4. The van der Waals surface area contributed by atoms with Crippen molar-refractivity contribution >= 4 is 5.82 Å². The summed E-state index contributed by atoms with van der Waals surface area (Å²) >= 11 is 0. The average molecular weight is 277 g/mol. The van der Waals surface area contributed by atoms with Gasteiger partial charge in [-0.2, -0.15) is 0 Å². The van der Waals surface area contributed by atoms with Gasteiger partial charge in [0.25, 0.3) is 0 Å². The number of anilines is 1. The van der Waals surface area contributed by atoms with E-state index in [2.05, 4.69) is 43.0 Å². The lowest BCUT2D eigenvalue weighted by atomic mass is 9.95. The smallest absolute Gasteiger partial charge is 0.136 e. The summed E-state index contributed by atoms with van der Waals surface area (Å²) < 4.78 is 5.21. The number of nitrogens with zero attached hydrogens (tertiary/aromatic N) is 2. The molecule has 1 aliphatic carbocycles. The molecule has 0 aliphatic heterocycles. The Balaban J connectivity index is 2.16. The fourth-order valence-corrected chi connectivity index (χ4v) is 2.26. The van der Waals surface area contributed by atoms with Crippen LogP contribution in [0.5, 0.6) is 0 Å². The molecule has 1 heterocycles. The molecule has 0 amide bonds. The number of methoxy groups -OCH3 is 1. The van der Waals surface area contributed by atoms with E-state index in [4.69, 9.17) is 4.74 Å². The molecule has 1 aromatic heterocycles. The van der Waals surface area contributed by atoms with Crippen LogP contribution in [0.1, 0.15) is 58.5 Å². The monoisotopic (exact) mass is 277 g/mol. The van der Waals surface area contributed by atoms with Crippen LogP contribution in [-0.4, -0.2) is 23.6 Å². The quantitative estimate of drug-likeness (QED) is 0.864. The van der Waals surface area contributed by atoms with Gasteiger partial charge in [-0.05, 0) is 24.7 Å². The highest BCUT2D eigenvalue weighted by molar-refractivity contribution is 5.37. The minimum absolute atomic E-state index is 0.0534. The van der Waals surface area contributed by atoms with E-state index in [-0.39, 0.29) is 5.41 Å². The SMILES string of the molecule is CCC1(CNc2cc(COC)nc(C(C)(C)C)n2)CC1. The van der Waals surface area contributed by atoms with Crippen LogP contribution in [0.15, 0.2) is 6.07 Å². The van der Waals surface area contributed by atoms with E-state index >= 15 is 0 Å². The molecule has 4 nitrogen and oxygen atoms in total. The predicted molar refractivity (Wildman–Crippen MR) is 81.9 cm³/mol. The molecular weight excluding hydrogens is 250 g/mol. The first-order valence-corrected chi connectivity index (χ1v) is 7.50. The Morgan fingerprint density at radius 3 is 2.50 bits per heavy atom. The van der Waals surface area contributed by atoms with Crippen LogP contribution in [0.3, 0.4) is 0 Å². The summed E-state index contributed by atoms with van der Waals surface area (Å²) in [5.41, 5.74) is 1.40. The van der Waals surface area contributed by atoms with Crippen molar-refractivity contribution in [1.29, 1.82) is 0 Å². The topological polar surface area (TPSA) is 47.0 Å². The number of hydrogen-bond acceptors (Lipinski definition) is 4. The first kappa shape index (κ1) is 15.2. The number of ether oxygens (including phenoxy) is 1. The summed E-state index contributed by atoms with van der Waals surface area (Å²) in [6.45, 7) is 10.2. The fourth-order valence-electron chi connectivity index (χ4n) is 2.26. The summed E-state index contributed by atoms with van der Waals surface area (Å²) in [5.74, 6) is 1.80. The second-order valence-electron chi connectivity index (χ2n) is 6.96. The molecule has 0 bridgehead atoms. The van der Waals surface area contributed by atoms with Crippen molar-refractivity contribution < 1.29 is 4.74 Å². The minimum atomic E-state index is -0.0534. The van der Waals surface area contributed by atoms with E-state index in [0.717, 1.165) is 23.9 Å². The van der Waals surface area contributed by atoms with Gasteiger partial charge >= 0.3 is 0 Å². The van der Waals surface area contributed by atoms with Crippen LogP contribution in [0.4, 0.5) is 5.82 Å². The second-order valence-corrected chi connectivity index (χ2v) is 6.96. The highest BCUT2D eigenvalue weighted by atomic mass is 16.5. The molecule has 1 fully saturated rings. The number of rotatable bonds is 6. The van der Waals surface area contributed by atoms with Gasteiger partial charge in [0.05, 0.1) is 12.3 Å². The first-order chi connectivity index (χ1) is 9.38. The van der Waals surface area contributed by atoms with E-state index in [1.54, 1.807) is 7.11 Å². The van der Waals surface area contributed by atoms with Crippen LogP contribution >= 0.6 is 0 Å². The molecule has 1 saturated carbocycles. The zero-order valence-corrected chi connectivity index (χ0v) is 13.4. The second kappa shape index (κ2) is 5.68. The molecule has 1 aromatic rings. The molecule has 2 rings (SSSR count). The maximum absolute atomic E-state index is 5.21. The molecule has 112 valence electrons. The van der Waals surface area contributed by atoms with Crippen LogP contribution in [0.2, 0.25) is 0 Å². The minimum Gasteiger partial charge on any atom is -0.378 e. The number of nitrogens with one attached hydrogen (secondary N) is 1. The van der Waals surface area contributed by atoms with Gasteiger partial charge < -0.3 is 10.1 Å².